The molecule has 0 saturated carbocycles. The zero-order valence-electron chi connectivity index (χ0n) is 16.5. The van der Waals surface area contributed by atoms with Crippen molar-refractivity contribution in [2.75, 3.05) is 46.2 Å². The molecule has 16 heteroatoms. The van der Waals surface area contributed by atoms with Crippen LogP contribution in [0.15, 0.2) is 15.5 Å². The summed E-state index contributed by atoms with van der Waals surface area (Å²) in [6.45, 7) is -3.13. The van der Waals surface area contributed by atoms with E-state index in [9.17, 15) is 33.9 Å². The van der Waals surface area contributed by atoms with E-state index in [1.165, 1.54) is 0 Å². The normalized spacial score (nSPS) is 10.9. The highest BCUT2D eigenvalue weighted by atomic mass is 16.5. The van der Waals surface area contributed by atoms with Gasteiger partial charge in [0.05, 0.1) is 58.9 Å². The second-order valence-electron chi connectivity index (χ2n) is 6.01. The van der Waals surface area contributed by atoms with Gasteiger partial charge in [0, 0.05) is 15.5 Å². The Hall–Kier alpha value is -2.92. The Morgan fingerprint density at radius 1 is 0.742 bits per heavy atom. The van der Waals surface area contributed by atoms with Crippen molar-refractivity contribution in [1.82, 2.24) is 5.01 Å². The van der Waals surface area contributed by atoms with E-state index in [0.717, 1.165) is 0 Å². The zero-order chi connectivity index (χ0) is 23.7. The Balaban J connectivity index is 5.33. The number of ether oxygens (including phenoxy) is 3. The molecule has 3 N–H and O–H groups in total. The van der Waals surface area contributed by atoms with Crippen molar-refractivity contribution >= 4 is 23.6 Å². The lowest BCUT2D eigenvalue weighted by molar-refractivity contribution is -0.157. The standard InChI is InChI=1S/C15H23N5O11/c16-20(14(25)7-21)15(8-29-4-1-11(22)17-26,9-30-5-2-12(23)18-27)10-31-6-3-13(24)19-28/h21H,1-10,16H2. The number of hydrogen-bond donors (Lipinski definition) is 2. The van der Waals surface area contributed by atoms with Gasteiger partial charge in [-0.15, -0.1) is 14.7 Å². The van der Waals surface area contributed by atoms with Gasteiger partial charge >= 0.3 is 0 Å². The molecule has 31 heavy (non-hydrogen) atoms. The number of hydrazine groups is 1. The van der Waals surface area contributed by atoms with Gasteiger partial charge in [-0.05, 0) is 0 Å². The van der Waals surface area contributed by atoms with E-state index in [1.54, 1.807) is 0 Å². The number of carbonyl (C=O) groups excluding carboxylic acids is 4. The molecule has 4 amide bonds. The number of rotatable bonds is 17. The van der Waals surface area contributed by atoms with Gasteiger partial charge in [0.1, 0.15) is 12.1 Å². The Bertz CT molecular complexity index is 588. The number of nitroso groups, excluding NO2 is 3. The van der Waals surface area contributed by atoms with E-state index in [1.807, 2.05) is 0 Å². The number of hydrogen-bond acceptors (Lipinski definition) is 12. The van der Waals surface area contributed by atoms with E-state index >= 15 is 0 Å². The molecule has 0 aliphatic carbocycles. The van der Waals surface area contributed by atoms with Crippen LogP contribution in [0.1, 0.15) is 19.3 Å². The van der Waals surface area contributed by atoms with E-state index in [2.05, 4.69) is 15.5 Å². The second-order valence-corrected chi connectivity index (χ2v) is 6.01. The fourth-order valence-corrected chi connectivity index (χ4v) is 2.08. The van der Waals surface area contributed by atoms with Crippen molar-refractivity contribution in [2.24, 2.45) is 21.4 Å². The lowest BCUT2D eigenvalue weighted by Crippen LogP contribution is -2.64. The predicted octanol–water partition coefficient (Wildman–Crippen LogP) is -1.48. The lowest BCUT2D eigenvalue weighted by atomic mass is 10.0. The average molecular weight is 449 g/mol. The highest BCUT2D eigenvalue weighted by Crippen LogP contribution is 2.17. The van der Waals surface area contributed by atoms with Crippen LogP contribution in [0.5, 0.6) is 0 Å². The van der Waals surface area contributed by atoms with Gasteiger partial charge in [0.15, 0.2) is 0 Å². The molecule has 0 atom stereocenters. The monoisotopic (exact) mass is 449 g/mol. The third kappa shape index (κ3) is 11.2. The molecule has 0 saturated heterocycles. The molecule has 0 rings (SSSR count). The summed E-state index contributed by atoms with van der Waals surface area (Å²) >= 11 is 0. The minimum atomic E-state index is -1.63. The van der Waals surface area contributed by atoms with Crippen LogP contribution in [0.2, 0.25) is 0 Å². The van der Waals surface area contributed by atoms with E-state index in [-0.39, 0.29) is 39.1 Å². The number of carbonyl (C=O) groups is 4. The molecular formula is C15H23N5O11. The molecular weight excluding hydrogens is 426 g/mol. The Morgan fingerprint density at radius 3 is 1.32 bits per heavy atom. The van der Waals surface area contributed by atoms with Crippen LogP contribution in [0.3, 0.4) is 0 Å². The number of nitrogens with zero attached hydrogens (tertiary/aromatic N) is 4. The molecule has 0 radical (unpaired) electrons. The van der Waals surface area contributed by atoms with Crippen molar-refractivity contribution in [2.45, 2.75) is 24.8 Å². The molecule has 0 aromatic carbocycles. The number of aliphatic hydroxyl groups excluding tert-OH is 1. The molecule has 0 heterocycles. The molecule has 0 spiro atoms. The summed E-state index contributed by atoms with van der Waals surface area (Å²) in [6.07, 6.45) is -1.09. The van der Waals surface area contributed by atoms with E-state index < -0.39 is 55.6 Å². The maximum Gasteiger partial charge on any atom is 0.288 e. The SMILES string of the molecule is NN(C(=O)CO)C(COCCC(=O)N=O)(COCCC(=O)N=O)COCCC(=O)N=O. The van der Waals surface area contributed by atoms with Gasteiger partial charge in [-0.1, -0.05) is 0 Å². The number of amides is 4. The summed E-state index contributed by atoms with van der Waals surface area (Å²) in [7, 11) is 0. The fourth-order valence-electron chi connectivity index (χ4n) is 2.08. The van der Waals surface area contributed by atoms with Crippen LogP contribution in [0.4, 0.5) is 0 Å². The minimum Gasteiger partial charge on any atom is -0.386 e. The quantitative estimate of drug-likeness (QED) is 0.0850. The minimum absolute atomic E-state index is 0.283. The fraction of sp³-hybridized carbons (Fsp3) is 0.733. The Morgan fingerprint density at radius 2 is 1.06 bits per heavy atom. The molecule has 0 aromatic rings. The maximum absolute atomic E-state index is 12.0. The molecule has 16 nitrogen and oxygen atoms in total. The van der Waals surface area contributed by atoms with Gasteiger partial charge < -0.3 is 19.3 Å². The molecule has 0 aromatic heterocycles. The molecule has 174 valence electrons. The van der Waals surface area contributed by atoms with Crippen molar-refractivity contribution < 1.29 is 38.5 Å². The summed E-state index contributed by atoms with van der Waals surface area (Å²) < 4.78 is 15.8. The largest absolute Gasteiger partial charge is 0.386 e. The average Bonchev–Trinajstić information content (AvgIpc) is 2.79. The smallest absolute Gasteiger partial charge is 0.288 e. The van der Waals surface area contributed by atoms with Gasteiger partial charge in [-0.3, -0.25) is 24.2 Å². The molecule has 0 fully saturated rings. The number of nitrogens with two attached hydrogens (primary N) is 1. The van der Waals surface area contributed by atoms with Crippen molar-refractivity contribution in [1.29, 1.82) is 0 Å². The van der Waals surface area contributed by atoms with Gasteiger partial charge in [0.2, 0.25) is 0 Å². The second kappa shape index (κ2) is 15.9. The Kier molecular flexibility index (Phi) is 14.4. The van der Waals surface area contributed by atoms with Crippen LogP contribution < -0.4 is 5.84 Å². The predicted molar refractivity (Wildman–Crippen MR) is 99.6 cm³/mol. The lowest BCUT2D eigenvalue weighted by Gasteiger charge is -2.40. The maximum atomic E-state index is 12.0. The molecule has 0 bridgehead atoms. The van der Waals surface area contributed by atoms with Crippen molar-refractivity contribution in [3.05, 3.63) is 14.7 Å². The van der Waals surface area contributed by atoms with Crippen LogP contribution in [-0.2, 0) is 33.4 Å². The molecule has 0 unspecified atom stereocenters. The molecule has 0 aliphatic rings. The highest BCUT2D eigenvalue weighted by Gasteiger charge is 2.40. The first kappa shape index (κ1) is 28.1. The Labute approximate surface area is 175 Å². The van der Waals surface area contributed by atoms with Crippen molar-refractivity contribution in [3.63, 3.8) is 0 Å². The zero-order valence-corrected chi connectivity index (χ0v) is 16.5. The van der Waals surface area contributed by atoms with Crippen LogP contribution >= 0.6 is 0 Å². The van der Waals surface area contributed by atoms with Crippen LogP contribution in [-0.4, -0.2) is 85.5 Å². The first-order valence-electron chi connectivity index (χ1n) is 8.76. The third-order valence-corrected chi connectivity index (χ3v) is 3.71. The van der Waals surface area contributed by atoms with Gasteiger partial charge in [-0.2, -0.15) is 0 Å². The topological polar surface area (TPSA) is 234 Å². The van der Waals surface area contributed by atoms with Crippen molar-refractivity contribution in [3.8, 4) is 0 Å². The molecule has 0 aliphatic heterocycles. The highest BCUT2D eigenvalue weighted by molar-refractivity contribution is 5.78. The summed E-state index contributed by atoms with van der Waals surface area (Å²) in [5.74, 6) is 1.88. The summed E-state index contributed by atoms with van der Waals surface area (Å²) in [6, 6.07) is 0. The van der Waals surface area contributed by atoms with Gasteiger partial charge in [0.25, 0.3) is 23.6 Å². The summed E-state index contributed by atoms with van der Waals surface area (Å²) in [5, 5.41) is 16.3. The number of aliphatic hydroxyl groups is 1. The summed E-state index contributed by atoms with van der Waals surface area (Å²) in [5.41, 5.74) is -1.63. The van der Waals surface area contributed by atoms with E-state index in [0.29, 0.717) is 5.01 Å². The van der Waals surface area contributed by atoms with Crippen LogP contribution in [0, 0.1) is 14.7 Å². The first-order valence-corrected chi connectivity index (χ1v) is 8.76. The van der Waals surface area contributed by atoms with Gasteiger partial charge in [-0.25, -0.2) is 5.84 Å². The van der Waals surface area contributed by atoms with Crippen LogP contribution in [0.25, 0.3) is 0 Å². The van der Waals surface area contributed by atoms with E-state index in [4.69, 9.17) is 25.2 Å². The first-order chi connectivity index (χ1) is 14.8. The third-order valence-electron chi connectivity index (χ3n) is 3.71. The summed E-state index contributed by atoms with van der Waals surface area (Å²) in [4.78, 5) is 75.3.